The number of nitrogens with zero attached hydrogens (tertiary/aromatic N) is 1. The van der Waals surface area contributed by atoms with Gasteiger partial charge in [-0.1, -0.05) is 66.7 Å². The second-order valence-corrected chi connectivity index (χ2v) is 8.08. The monoisotopic (exact) mass is 460 g/mol. The number of hydrogen-bond acceptors (Lipinski definition) is 4. The molecule has 0 heterocycles. The minimum absolute atomic E-state index is 0.0856. The van der Waals surface area contributed by atoms with Gasteiger partial charge in [-0.25, -0.2) is 0 Å². The van der Waals surface area contributed by atoms with E-state index >= 15 is 0 Å². The van der Waals surface area contributed by atoms with Gasteiger partial charge in [0.25, 0.3) is 0 Å². The molecule has 1 N–H and O–H groups in total. The maximum atomic E-state index is 13.2. The van der Waals surface area contributed by atoms with E-state index in [0.717, 1.165) is 16.7 Å². The van der Waals surface area contributed by atoms with Crippen molar-refractivity contribution in [2.24, 2.45) is 0 Å². The first-order chi connectivity index (χ1) is 16.5. The van der Waals surface area contributed by atoms with Crippen LogP contribution < -0.4 is 14.8 Å². The number of carbonyl (C=O) groups is 2. The Morgan fingerprint density at radius 2 is 1.44 bits per heavy atom. The molecule has 0 unspecified atom stereocenters. The highest BCUT2D eigenvalue weighted by molar-refractivity contribution is 5.88. The predicted octanol–water partition coefficient (Wildman–Crippen LogP) is 4.02. The summed E-state index contributed by atoms with van der Waals surface area (Å²) >= 11 is 0. The van der Waals surface area contributed by atoms with Crippen LogP contribution in [0.2, 0.25) is 0 Å². The lowest BCUT2D eigenvalue weighted by Crippen LogP contribution is -2.48. The molecule has 34 heavy (non-hydrogen) atoms. The molecule has 6 heteroatoms. The van der Waals surface area contributed by atoms with Gasteiger partial charge in [0.1, 0.15) is 6.04 Å². The van der Waals surface area contributed by atoms with Crippen molar-refractivity contribution < 1.29 is 19.1 Å². The van der Waals surface area contributed by atoms with Gasteiger partial charge in [0.15, 0.2) is 11.5 Å². The zero-order valence-electron chi connectivity index (χ0n) is 20.0. The van der Waals surface area contributed by atoms with E-state index in [9.17, 15) is 9.59 Å². The van der Waals surface area contributed by atoms with E-state index < -0.39 is 6.04 Å². The van der Waals surface area contributed by atoms with Crippen LogP contribution in [0.4, 0.5) is 0 Å². The van der Waals surface area contributed by atoms with Crippen LogP contribution in [0, 0.1) is 0 Å². The molecule has 0 aliphatic heterocycles. The lowest BCUT2D eigenvalue weighted by Gasteiger charge is -2.29. The Labute approximate surface area is 201 Å². The molecule has 0 aliphatic rings. The van der Waals surface area contributed by atoms with Gasteiger partial charge in [-0.15, -0.1) is 0 Å². The van der Waals surface area contributed by atoms with E-state index in [0.29, 0.717) is 31.0 Å². The molecule has 0 spiro atoms. The molecule has 3 aromatic rings. The van der Waals surface area contributed by atoms with Crippen LogP contribution in [-0.2, 0) is 29.0 Å². The highest BCUT2D eigenvalue weighted by atomic mass is 16.5. The Balaban J connectivity index is 1.65. The number of methoxy groups -OCH3 is 2. The molecule has 0 aromatic heterocycles. The Morgan fingerprint density at radius 1 is 0.824 bits per heavy atom. The molecule has 0 saturated heterocycles. The van der Waals surface area contributed by atoms with Gasteiger partial charge in [-0.2, -0.15) is 0 Å². The van der Waals surface area contributed by atoms with Crippen molar-refractivity contribution in [3.63, 3.8) is 0 Å². The number of amides is 2. The Morgan fingerprint density at radius 3 is 2.06 bits per heavy atom. The Hall–Kier alpha value is -3.80. The second kappa shape index (κ2) is 12.4. The quantitative estimate of drug-likeness (QED) is 0.469. The number of ether oxygens (including phenoxy) is 2. The van der Waals surface area contributed by atoms with Crippen LogP contribution >= 0.6 is 0 Å². The summed E-state index contributed by atoms with van der Waals surface area (Å²) in [4.78, 5) is 27.9. The summed E-state index contributed by atoms with van der Waals surface area (Å²) in [6.07, 6.45) is 0.881. The van der Waals surface area contributed by atoms with Crippen LogP contribution in [0.3, 0.4) is 0 Å². The molecular formula is C28H32N2O4. The summed E-state index contributed by atoms with van der Waals surface area (Å²) < 4.78 is 10.6. The van der Waals surface area contributed by atoms with E-state index in [1.807, 2.05) is 78.9 Å². The van der Waals surface area contributed by atoms with Gasteiger partial charge in [-0.05, 0) is 42.2 Å². The molecule has 3 rings (SSSR count). The van der Waals surface area contributed by atoms with Gasteiger partial charge in [0, 0.05) is 13.1 Å². The molecule has 3 aromatic carbocycles. The topological polar surface area (TPSA) is 67.9 Å². The molecule has 2 amide bonds. The number of carbonyl (C=O) groups excluding carboxylic acids is 2. The third-order valence-electron chi connectivity index (χ3n) is 5.72. The van der Waals surface area contributed by atoms with Gasteiger partial charge in [0.05, 0.1) is 20.6 Å². The van der Waals surface area contributed by atoms with E-state index in [-0.39, 0.29) is 18.2 Å². The molecule has 6 nitrogen and oxygen atoms in total. The molecule has 0 bridgehead atoms. The van der Waals surface area contributed by atoms with Crippen LogP contribution in [0.1, 0.15) is 23.6 Å². The largest absolute Gasteiger partial charge is 0.493 e. The van der Waals surface area contributed by atoms with Crippen molar-refractivity contribution in [2.75, 3.05) is 20.8 Å². The van der Waals surface area contributed by atoms with Gasteiger partial charge in [-0.3, -0.25) is 9.59 Å². The first kappa shape index (κ1) is 24.8. The van der Waals surface area contributed by atoms with E-state index in [1.165, 1.54) is 0 Å². The van der Waals surface area contributed by atoms with Gasteiger partial charge in [0.2, 0.25) is 11.8 Å². The molecule has 178 valence electrons. The normalized spacial score (nSPS) is 11.4. The van der Waals surface area contributed by atoms with Crippen LogP contribution in [0.25, 0.3) is 0 Å². The Kier molecular flexibility index (Phi) is 9.09. The zero-order chi connectivity index (χ0) is 24.3. The summed E-state index contributed by atoms with van der Waals surface area (Å²) in [5.41, 5.74) is 2.92. The van der Waals surface area contributed by atoms with E-state index in [4.69, 9.17) is 9.47 Å². The predicted molar refractivity (Wildman–Crippen MR) is 133 cm³/mol. The summed E-state index contributed by atoms with van der Waals surface area (Å²) in [5.74, 6) is 1.05. The van der Waals surface area contributed by atoms with Crippen molar-refractivity contribution in [2.45, 2.75) is 32.4 Å². The van der Waals surface area contributed by atoms with Gasteiger partial charge < -0.3 is 19.7 Å². The zero-order valence-corrected chi connectivity index (χ0v) is 20.0. The van der Waals surface area contributed by atoms with Gasteiger partial charge >= 0.3 is 0 Å². The first-order valence-corrected chi connectivity index (χ1v) is 11.4. The lowest BCUT2D eigenvalue weighted by atomic mass is 10.1. The number of rotatable bonds is 11. The summed E-state index contributed by atoms with van der Waals surface area (Å²) in [6.45, 7) is 2.60. The van der Waals surface area contributed by atoms with E-state index in [2.05, 4.69) is 5.32 Å². The molecule has 0 saturated carbocycles. The highest BCUT2D eigenvalue weighted by Crippen LogP contribution is 2.27. The molecular weight excluding hydrogens is 428 g/mol. The summed E-state index contributed by atoms with van der Waals surface area (Å²) in [5, 5.41) is 2.98. The van der Waals surface area contributed by atoms with Crippen molar-refractivity contribution in [3.05, 3.63) is 95.6 Å². The minimum atomic E-state index is -0.609. The van der Waals surface area contributed by atoms with Crippen molar-refractivity contribution in [1.82, 2.24) is 10.2 Å². The Bertz CT molecular complexity index is 1070. The van der Waals surface area contributed by atoms with Crippen molar-refractivity contribution in [3.8, 4) is 11.5 Å². The van der Waals surface area contributed by atoms with Crippen LogP contribution in [-0.4, -0.2) is 43.5 Å². The lowest BCUT2D eigenvalue weighted by molar-refractivity contribution is -0.140. The maximum Gasteiger partial charge on any atom is 0.242 e. The first-order valence-electron chi connectivity index (χ1n) is 11.4. The average Bonchev–Trinajstić information content (AvgIpc) is 2.87. The standard InChI is InChI=1S/C28H32N2O4/c1-21(28(32)29-17-16-23-14-15-25(33-2)26(18-23)34-3)30(20-24-12-8-5-9-13-24)27(31)19-22-10-6-4-7-11-22/h4-15,18,21H,16-17,19-20H2,1-3H3,(H,29,32)/t21-/m0/s1. The number of benzene rings is 3. The highest BCUT2D eigenvalue weighted by Gasteiger charge is 2.26. The second-order valence-electron chi connectivity index (χ2n) is 8.08. The average molecular weight is 461 g/mol. The SMILES string of the molecule is COc1ccc(CCNC(=O)[C@H](C)N(Cc2ccccc2)C(=O)Cc2ccccc2)cc1OC. The maximum absolute atomic E-state index is 13.2. The van der Waals surface area contributed by atoms with Crippen LogP contribution in [0.15, 0.2) is 78.9 Å². The fourth-order valence-corrected chi connectivity index (χ4v) is 3.75. The molecule has 0 aliphatic carbocycles. The van der Waals surface area contributed by atoms with Crippen LogP contribution in [0.5, 0.6) is 11.5 Å². The number of hydrogen-bond donors (Lipinski definition) is 1. The smallest absolute Gasteiger partial charge is 0.242 e. The fraction of sp³-hybridized carbons (Fsp3) is 0.286. The van der Waals surface area contributed by atoms with E-state index in [1.54, 1.807) is 26.0 Å². The molecule has 1 atom stereocenters. The molecule has 0 fully saturated rings. The summed E-state index contributed by atoms with van der Waals surface area (Å²) in [7, 11) is 3.19. The summed E-state index contributed by atoms with van der Waals surface area (Å²) in [6, 6.07) is 24.4. The third kappa shape index (κ3) is 6.85. The number of nitrogens with one attached hydrogen (secondary N) is 1. The fourth-order valence-electron chi connectivity index (χ4n) is 3.75. The third-order valence-corrected chi connectivity index (χ3v) is 5.72. The minimum Gasteiger partial charge on any atom is -0.493 e. The van der Waals surface area contributed by atoms with Crippen molar-refractivity contribution in [1.29, 1.82) is 0 Å². The molecule has 0 radical (unpaired) electrons. The van der Waals surface area contributed by atoms with Crippen molar-refractivity contribution >= 4 is 11.8 Å².